The quantitative estimate of drug-likeness (QED) is 0.0132. The van der Waals surface area contributed by atoms with E-state index in [2.05, 4.69) is 81.2 Å². The summed E-state index contributed by atoms with van der Waals surface area (Å²) in [5.41, 5.74) is 4.30. The predicted molar refractivity (Wildman–Crippen MR) is 491 cm³/mol. The van der Waals surface area contributed by atoms with E-state index in [9.17, 15) is 82.5 Å². The Morgan fingerprint density at radius 1 is 0.545 bits per heavy atom. The number of carbonyl (C=O) groups excluding carboxylic acids is 5. The van der Waals surface area contributed by atoms with E-state index >= 15 is 0 Å². The number of hydrogen-bond donors (Lipinski definition) is 12. The van der Waals surface area contributed by atoms with E-state index < -0.39 is 101 Å². The van der Waals surface area contributed by atoms with Crippen molar-refractivity contribution in [3.63, 3.8) is 0 Å². The standard InChI is InChI=1S/C23H22Cl2N4O5S2.C22H22ClFN4O5S2.C22H28N4O5S2.C17H22N4O6S/c24-14-3-1-2-13(6-14)20(31)16-9-19(35-22(16)25)21(32)17-10-27-11-28-23(17)29-15-7-12(18(30)8-15)4-5-36(26,33)34;23-14-3-1-2-12(6-14)7-15-4-5-18(34-15)21(30)16-9-26-11-27-22(16)28-17-8-13(20(29)19(17)24)10-33-35(25,31)32;23-33(29,30)31-12-17-6-15(8-20(17)27)7-19-18(10-24-14-25-19)22(28)21-9-16(13-32-21)11-26-4-2-1-3-5-26;18-28(25,26)4-3-10-5-11(6-14(10)23)21-17-13(7-19-9-20-17)16(24)15-2-1-12(8-22)27-15/h1-3,6,9-12,15,18,30H,4-5,7-8H2,(H2,26,33,34)(H,27,28,29);1-6,9,11,13,17,19-20,29H,7-8,10H2,(H2,25,31,32)(H,26,27,28);1-2,9-10,13-15,17,20,27H,3-8,11-12H2,(H2,23,29,30);1-2,7,9-11,14,22-23H,3-6,8H2,(H2,18,25,26)(H,19,20,21)/t12-,15+,18-;13-,17-,19-,20-;15-,17+,20-;10-,11+,14-/m0100/s1. The molecule has 0 spiro atoms. The van der Waals surface area contributed by atoms with Gasteiger partial charge in [-0.1, -0.05) is 71.2 Å². The molecule has 0 amide bonds. The highest BCUT2D eigenvalue weighted by Crippen LogP contribution is 2.40. The summed E-state index contributed by atoms with van der Waals surface area (Å²) in [6.45, 7) is 1.82. The second kappa shape index (κ2) is 45.9. The van der Waals surface area contributed by atoms with Crippen LogP contribution < -0.4 is 36.5 Å². The maximum atomic E-state index is 14.7. The lowest BCUT2D eigenvalue weighted by atomic mass is 9.96. The number of rotatable bonds is 35. The molecule has 37 nitrogen and oxygen atoms in total. The third-order valence-corrected chi connectivity index (χ3v) is 28.9. The van der Waals surface area contributed by atoms with Gasteiger partial charge in [0.15, 0.2) is 11.5 Å². The molecule has 706 valence electrons. The molecule has 4 saturated carbocycles. The van der Waals surface area contributed by atoms with E-state index in [0.29, 0.717) is 93.8 Å². The molecule has 4 fully saturated rings. The molecule has 1 aliphatic heterocycles. The van der Waals surface area contributed by atoms with Crippen LogP contribution in [0.1, 0.15) is 169 Å². The van der Waals surface area contributed by atoms with Crippen molar-refractivity contribution in [2.24, 2.45) is 50.1 Å². The van der Waals surface area contributed by atoms with E-state index in [-0.39, 0.29) is 152 Å². The number of hydrogen-bond acceptors (Lipinski definition) is 36. The van der Waals surface area contributed by atoms with E-state index in [4.69, 9.17) is 64.9 Å². The van der Waals surface area contributed by atoms with E-state index in [1.165, 1.54) is 90.8 Å². The van der Waals surface area contributed by atoms with Gasteiger partial charge in [-0.2, -0.15) is 16.8 Å². The first-order valence-electron chi connectivity index (χ1n) is 41.1. The number of nitrogens with zero attached hydrogens (tertiary/aromatic N) is 9. The fraction of sp³-hybridized carbons (Fsp3) is 0.393. The number of sulfonamides is 2. The van der Waals surface area contributed by atoms with Crippen molar-refractivity contribution in [3.05, 3.63) is 248 Å². The number of nitrogens with one attached hydrogen (secondary N) is 3. The molecule has 13 atom stereocenters. The van der Waals surface area contributed by atoms with Gasteiger partial charge in [0.1, 0.15) is 65.6 Å². The molecule has 0 saturated heterocycles. The summed E-state index contributed by atoms with van der Waals surface area (Å²) in [6.07, 6.45) is 15.4. The number of benzene rings is 2. The highest BCUT2D eigenvalue weighted by atomic mass is 35.5. The van der Waals surface area contributed by atoms with Crippen LogP contribution in [0.25, 0.3) is 0 Å². The molecule has 8 aromatic heterocycles. The van der Waals surface area contributed by atoms with Crippen molar-refractivity contribution in [1.29, 1.82) is 0 Å². The number of furan rings is 1. The predicted octanol–water partition coefficient (Wildman–Crippen LogP) is 7.97. The molecule has 2 aromatic carbocycles. The third kappa shape index (κ3) is 29.1. The fourth-order valence-corrected chi connectivity index (χ4v) is 21.5. The minimum Gasteiger partial charge on any atom is -0.455 e. The van der Waals surface area contributed by atoms with Crippen molar-refractivity contribution in [2.75, 3.05) is 53.8 Å². The number of anilines is 3. The molecule has 9 heterocycles. The Bertz CT molecular complexity index is 6280. The lowest BCUT2D eigenvalue weighted by molar-refractivity contribution is 0.0501. The number of alkyl halides is 1. The molecule has 15 rings (SSSR count). The summed E-state index contributed by atoms with van der Waals surface area (Å²) >= 11 is 22.1. The monoisotopic (exact) mass is 2010 g/mol. The minimum absolute atomic E-state index is 0.0400. The molecule has 0 bridgehead atoms. The second-order valence-electron chi connectivity index (χ2n) is 32.2. The van der Waals surface area contributed by atoms with E-state index in [1.54, 1.807) is 36.5 Å². The summed E-state index contributed by atoms with van der Waals surface area (Å²) in [7, 11) is -15.5. The van der Waals surface area contributed by atoms with Crippen molar-refractivity contribution in [2.45, 2.75) is 139 Å². The summed E-state index contributed by atoms with van der Waals surface area (Å²) in [6, 6.07) is 22.5. The highest BCUT2D eigenvalue weighted by Gasteiger charge is 2.45. The number of aliphatic hydroxyl groups excluding tert-OH is 5. The number of aromatic nitrogens is 8. The van der Waals surface area contributed by atoms with Gasteiger partial charge in [-0.05, 0) is 166 Å². The first kappa shape index (κ1) is 102. The van der Waals surface area contributed by atoms with E-state index in [1.807, 2.05) is 35.7 Å². The average Bonchev–Trinajstić information content (AvgIpc) is 1.65. The number of aliphatic hydroxyl groups is 5. The van der Waals surface area contributed by atoms with Crippen LogP contribution in [0.3, 0.4) is 0 Å². The van der Waals surface area contributed by atoms with Crippen LogP contribution in [0.2, 0.25) is 14.4 Å². The summed E-state index contributed by atoms with van der Waals surface area (Å²) in [4.78, 5) is 103. The largest absolute Gasteiger partial charge is 0.455 e. The van der Waals surface area contributed by atoms with Gasteiger partial charge < -0.3 is 45.9 Å². The number of thiophene rings is 3. The number of nitrogens with two attached hydrogens (primary N) is 4. The lowest BCUT2D eigenvalue weighted by Crippen LogP contribution is -2.33. The maximum absolute atomic E-state index is 14.7. The number of halogens is 4. The number of ketones is 5. The Hall–Kier alpha value is -9.25. The lowest BCUT2D eigenvalue weighted by Gasteiger charge is -2.22. The first-order valence-corrected chi connectivity index (χ1v) is 51.1. The molecule has 0 unspecified atom stereocenters. The first-order chi connectivity index (χ1) is 62.7. The van der Waals surface area contributed by atoms with Gasteiger partial charge in [-0.25, -0.2) is 81.7 Å². The molecule has 4 aliphatic carbocycles. The molecule has 10 aromatic rings. The third-order valence-electron chi connectivity index (χ3n) is 22.5. The van der Waals surface area contributed by atoms with Crippen molar-refractivity contribution in [3.8, 4) is 0 Å². The molecule has 16 N–H and O–H groups in total. The zero-order valence-corrected chi connectivity index (χ0v) is 78.0. The van der Waals surface area contributed by atoms with Gasteiger partial charge >= 0.3 is 20.6 Å². The van der Waals surface area contributed by atoms with Crippen molar-refractivity contribution >= 4 is 156 Å². The van der Waals surface area contributed by atoms with Crippen LogP contribution in [0, 0.1) is 29.6 Å². The zero-order chi connectivity index (χ0) is 94.9. The number of primary sulfonamides is 2. The van der Waals surface area contributed by atoms with Crippen molar-refractivity contribution < 1.29 is 100 Å². The van der Waals surface area contributed by atoms with Crippen LogP contribution in [-0.4, -0.2) is 219 Å². The molecule has 132 heavy (non-hydrogen) atoms. The fourth-order valence-electron chi connectivity index (χ4n) is 16.0. The molecule has 48 heteroatoms. The van der Waals surface area contributed by atoms with Gasteiger partial charge in [0.2, 0.25) is 43.2 Å². The summed E-state index contributed by atoms with van der Waals surface area (Å²) in [5, 5.41) is 82.2. The zero-order valence-electron chi connectivity index (χ0n) is 70.1. The minimum atomic E-state index is -4.22. The van der Waals surface area contributed by atoms with Crippen LogP contribution in [0.5, 0.6) is 0 Å². The molecule has 0 radical (unpaired) electrons. The Labute approximate surface area is 786 Å². The molecular formula is C84H94Cl3FN16O21S7. The van der Waals surface area contributed by atoms with Crippen LogP contribution >= 0.6 is 68.8 Å². The van der Waals surface area contributed by atoms with Crippen LogP contribution in [0.4, 0.5) is 21.8 Å². The topological polar surface area (TPSA) is 601 Å². The Kier molecular flexibility index (Phi) is 35.3. The average molecular weight is 2010 g/mol. The van der Waals surface area contributed by atoms with Gasteiger partial charge in [0.05, 0.1) is 103 Å². The maximum Gasteiger partial charge on any atom is 0.333 e. The van der Waals surface area contributed by atoms with Crippen LogP contribution in [0.15, 0.2) is 157 Å². The number of carbonyl (C=O) groups is 5. The van der Waals surface area contributed by atoms with Gasteiger partial charge in [-0.15, -0.1) is 34.0 Å². The molecular weight excluding hydrogens is 1920 g/mol. The Morgan fingerprint density at radius 2 is 1.10 bits per heavy atom. The van der Waals surface area contributed by atoms with Gasteiger partial charge in [0, 0.05) is 95.2 Å². The van der Waals surface area contributed by atoms with E-state index in [0.717, 1.165) is 53.4 Å². The summed E-state index contributed by atoms with van der Waals surface area (Å²) < 4.78 is 118. The SMILES string of the molecule is NS(=O)(=O)CC[C@H]1C[C@@H](Nc2ncncc2C(=O)c2cc(C(=O)c3cccc(Cl)c3)c(Cl)s2)C[C@@H]1O.NS(=O)(=O)CC[C@H]1C[C@@H](Nc2ncncc2C(=O)c2ccc(CO)o2)C[C@@H]1O.NS(=O)(=O)OC[C@H]1C[C@@H](Cc2ncncc2C(=O)c2cc(CN3CC=CCC3)cs2)C[C@@H]1O.NS(=O)(=O)OC[C@H]1C[C@@H](Nc2ncncc2C(=O)c2ccc(Cc3cccc(Cl)c3)s2)[C@@H](F)[C@@H]1O. The Morgan fingerprint density at radius 3 is 1.67 bits per heavy atom. The van der Waals surface area contributed by atoms with Gasteiger partial charge in [0.25, 0.3) is 0 Å². The second-order valence-corrected chi connectivity index (χ2v) is 42.7. The smallest absolute Gasteiger partial charge is 0.333 e. The normalized spacial score (nSPS) is 22.0. The van der Waals surface area contributed by atoms with Gasteiger partial charge in [-0.3, -0.25) is 37.2 Å². The van der Waals surface area contributed by atoms with Crippen molar-refractivity contribution in [1.82, 2.24) is 44.8 Å². The highest BCUT2D eigenvalue weighted by molar-refractivity contribution is 7.89. The Balaban J connectivity index is 0.000000160. The van der Waals surface area contributed by atoms with Crippen LogP contribution in [-0.2, 0) is 75.0 Å². The molecule has 5 aliphatic rings. The summed E-state index contributed by atoms with van der Waals surface area (Å²) in [5.74, 6) is -2.62.